The zero-order chi connectivity index (χ0) is 23.0. The molecule has 172 valence electrons. The van der Waals surface area contributed by atoms with Gasteiger partial charge in [-0.2, -0.15) is 5.10 Å². The number of benzene rings is 1. The Morgan fingerprint density at radius 1 is 1.00 bits per heavy atom. The van der Waals surface area contributed by atoms with Crippen molar-refractivity contribution in [3.8, 4) is 11.6 Å². The predicted molar refractivity (Wildman–Crippen MR) is 122 cm³/mol. The maximum atomic E-state index is 12.9. The predicted octanol–water partition coefficient (Wildman–Crippen LogP) is 1.31. The molecule has 1 atom stereocenters. The number of methoxy groups -OCH3 is 2. The molecule has 0 N–H and O–H groups in total. The van der Waals surface area contributed by atoms with Gasteiger partial charge >= 0.3 is 11.1 Å². The highest BCUT2D eigenvalue weighted by Crippen LogP contribution is 2.40. The molecule has 1 spiro atoms. The number of ether oxygens (including phenoxy) is 2. The van der Waals surface area contributed by atoms with Crippen molar-refractivity contribution in [2.24, 2.45) is 5.41 Å². The minimum Gasteiger partial charge on any atom is -0.497 e. The Hall–Kier alpha value is -3.46. The second kappa shape index (κ2) is 8.47. The van der Waals surface area contributed by atoms with E-state index in [4.69, 9.17) is 9.47 Å². The van der Waals surface area contributed by atoms with Crippen LogP contribution in [0.5, 0.6) is 11.6 Å². The fraction of sp³-hybridized carbons (Fsp3) is 0.417. The van der Waals surface area contributed by atoms with Crippen molar-refractivity contribution in [3.05, 3.63) is 80.3 Å². The van der Waals surface area contributed by atoms with Crippen molar-refractivity contribution < 1.29 is 9.47 Å². The summed E-state index contributed by atoms with van der Waals surface area (Å²) in [4.78, 5) is 32.3. The molecule has 0 aliphatic carbocycles. The van der Waals surface area contributed by atoms with Gasteiger partial charge in [-0.15, -0.1) is 0 Å². The van der Waals surface area contributed by atoms with E-state index in [0.717, 1.165) is 42.9 Å². The van der Waals surface area contributed by atoms with E-state index in [1.165, 1.54) is 4.68 Å². The zero-order valence-corrected chi connectivity index (χ0v) is 18.9. The molecule has 1 fully saturated rings. The minimum absolute atomic E-state index is 0.0830. The van der Waals surface area contributed by atoms with Crippen LogP contribution in [0.25, 0.3) is 0 Å². The molecule has 2 aliphatic heterocycles. The molecule has 1 aromatic carbocycles. The SMILES string of the molecule is COc1ccc(Cn2nc3n(c(=O)c2=O)CC2(CCN(Cc4cccnc4OC)C2)C3)cc1. The van der Waals surface area contributed by atoms with Gasteiger partial charge in [0.2, 0.25) is 5.88 Å². The minimum atomic E-state index is -0.582. The highest BCUT2D eigenvalue weighted by molar-refractivity contribution is 5.27. The number of aromatic nitrogens is 4. The maximum Gasteiger partial charge on any atom is 0.332 e. The van der Waals surface area contributed by atoms with E-state index in [1.54, 1.807) is 25.0 Å². The monoisotopic (exact) mass is 449 g/mol. The molecule has 0 saturated carbocycles. The highest BCUT2D eigenvalue weighted by Gasteiger charge is 2.44. The first-order valence-corrected chi connectivity index (χ1v) is 11.0. The van der Waals surface area contributed by atoms with Gasteiger partial charge in [-0.1, -0.05) is 18.2 Å². The third-order valence-corrected chi connectivity index (χ3v) is 6.68. The van der Waals surface area contributed by atoms with Crippen LogP contribution in [-0.4, -0.2) is 51.5 Å². The van der Waals surface area contributed by atoms with Crippen molar-refractivity contribution in [2.45, 2.75) is 32.5 Å². The Bertz CT molecular complexity index is 1280. The van der Waals surface area contributed by atoms with Gasteiger partial charge in [0, 0.05) is 43.2 Å². The molecule has 2 aromatic heterocycles. The number of hydrogen-bond donors (Lipinski definition) is 0. The van der Waals surface area contributed by atoms with Crippen molar-refractivity contribution in [2.75, 3.05) is 27.3 Å². The molecule has 1 unspecified atom stereocenters. The van der Waals surface area contributed by atoms with Gasteiger partial charge in [0.1, 0.15) is 11.6 Å². The van der Waals surface area contributed by atoms with Crippen LogP contribution in [0, 0.1) is 5.41 Å². The first-order valence-electron chi connectivity index (χ1n) is 11.0. The molecule has 9 nitrogen and oxygen atoms in total. The molecule has 2 aliphatic rings. The van der Waals surface area contributed by atoms with E-state index >= 15 is 0 Å². The van der Waals surface area contributed by atoms with Crippen LogP contribution in [0.2, 0.25) is 0 Å². The van der Waals surface area contributed by atoms with E-state index in [0.29, 0.717) is 24.7 Å². The van der Waals surface area contributed by atoms with Crippen molar-refractivity contribution in [3.63, 3.8) is 0 Å². The molecule has 4 heterocycles. The smallest absolute Gasteiger partial charge is 0.332 e. The number of pyridine rings is 1. The summed E-state index contributed by atoms with van der Waals surface area (Å²) in [6, 6.07) is 11.4. The van der Waals surface area contributed by atoms with Gasteiger partial charge < -0.3 is 9.47 Å². The van der Waals surface area contributed by atoms with E-state index < -0.39 is 11.1 Å². The lowest BCUT2D eigenvalue weighted by molar-refractivity contribution is 0.243. The standard InChI is InChI=1S/C24H27N5O4/c1-32-19-7-5-17(6-8-19)13-29-23(31)22(30)28-16-24(12-20(28)26-29)9-11-27(15-24)14-18-4-3-10-25-21(18)33-2/h3-8,10H,9,11-16H2,1-2H3. The van der Waals surface area contributed by atoms with Crippen LogP contribution >= 0.6 is 0 Å². The maximum absolute atomic E-state index is 12.9. The van der Waals surface area contributed by atoms with E-state index in [2.05, 4.69) is 15.0 Å². The molecule has 0 amide bonds. The molecule has 9 heteroatoms. The van der Waals surface area contributed by atoms with Crippen LogP contribution < -0.4 is 20.6 Å². The summed E-state index contributed by atoms with van der Waals surface area (Å²) in [7, 11) is 3.24. The number of likely N-dealkylation sites (tertiary alicyclic amines) is 1. The average Bonchev–Trinajstić information content (AvgIpc) is 3.40. The highest BCUT2D eigenvalue weighted by atomic mass is 16.5. The summed E-state index contributed by atoms with van der Waals surface area (Å²) in [5.74, 6) is 2.07. The summed E-state index contributed by atoms with van der Waals surface area (Å²) in [5.41, 5.74) is 0.779. The third-order valence-electron chi connectivity index (χ3n) is 6.68. The van der Waals surface area contributed by atoms with Crippen molar-refractivity contribution in [1.82, 2.24) is 24.2 Å². The Balaban J connectivity index is 1.34. The van der Waals surface area contributed by atoms with Crippen molar-refractivity contribution >= 4 is 0 Å². The van der Waals surface area contributed by atoms with E-state index in [1.807, 2.05) is 36.4 Å². The Morgan fingerprint density at radius 2 is 1.82 bits per heavy atom. The normalized spacial score (nSPS) is 19.7. The summed E-state index contributed by atoms with van der Waals surface area (Å²) < 4.78 is 13.5. The van der Waals surface area contributed by atoms with Gasteiger partial charge in [-0.05, 0) is 36.7 Å². The molecule has 3 aromatic rings. The second-order valence-electron chi connectivity index (χ2n) is 8.93. The lowest BCUT2D eigenvalue weighted by atomic mass is 9.86. The van der Waals surface area contributed by atoms with Crippen LogP contribution in [0.3, 0.4) is 0 Å². The summed E-state index contributed by atoms with van der Waals surface area (Å²) >= 11 is 0. The molecular formula is C24H27N5O4. The number of rotatable bonds is 6. The summed E-state index contributed by atoms with van der Waals surface area (Å²) in [6.07, 6.45) is 3.36. The van der Waals surface area contributed by atoms with Gasteiger partial charge in [0.25, 0.3) is 0 Å². The summed E-state index contributed by atoms with van der Waals surface area (Å²) in [6.45, 7) is 3.28. The summed E-state index contributed by atoms with van der Waals surface area (Å²) in [5, 5.41) is 4.59. The lowest BCUT2D eigenvalue weighted by Gasteiger charge is -2.23. The topological polar surface area (TPSA) is 91.5 Å². The average molecular weight is 450 g/mol. The molecule has 5 rings (SSSR count). The van der Waals surface area contributed by atoms with Gasteiger partial charge in [0.05, 0.1) is 20.8 Å². The van der Waals surface area contributed by atoms with Crippen LogP contribution in [0.1, 0.15) is 23.4 Å². The van der Waals surface area contributed by atoms with E-state index in [-0.39, 0.29) is 12.0 Å². The Morgan fingerprint density at radius 3 is 2.58 bits per heavy atom. The number of nitrogens with zero attached hydrogens (tertiary/aromatic N) is 5. The second-order valence-corrected chi connectivity index (χ2v) is 8.93. The first kappa shape index (κ1) is 21.4. The quantitative estimate of drug-likeness (QED) is 0.524. The largest absolute Gasteiger partial charge is 0.497 e. The first-order chi connectivity index (χ1) is 16.0. The third kappa shape index (κ3) is 4.04. The Labute approximate surface area is 191 Å². The van der Waals surface area contributed by atoms with E-state index in [9.17, 15) is 9.59 Å². The lowest BCUT2D eigenvalue weighted by Crippen LogP contribution is -2.43. The molecule has 0 radical (unpaired) electrons. The Kier molecular flexibility index (Phi) is 5.49. The fourth-order valence-corrected chi connectivity index (χ4v) is 5.02. The molecular weight excluding hydrogens is 422 g/mol. The number of hydrogen-bond acceptors (Lipinski definition) is 7. The molecule has 0 bridgehead atoms. The number of fused-ring (bicyclic) bond motifs is 1. The fourth-order valence-electron chi connectivity index (χ4n) is 5.02. The van der Waals surface area contributed by atoms with Crippen molar-refractivity contribution in [1.29, 1.82) is 0 Å². The van der Waals surface area contributed by atoms with Gasteiger partial charge in [-0.25, -0.2) is 9.67 Å². The van der Waals surface area contributed by atoms with Crippen LogP contribution in [0.15, 0.2) is 52.2 Å². The van der Waals surface area contributed by atoms with Gasteiger partial charge in [0.15, 0.2) is 0 Å². The van der Waals surface area contributed by atoms with Crippen LogP contribution in [-0.2, 0) is 26.1 Å². The molecule has 1 saturated heterocycles. The zero-order valence-electron chi connectivity index (χ0n) is 18.9. The molecule has 33 heavy (non-hydrogen) atoms. The van der Waals surface area contributed by atoms with Gasteiger partial charge in [-0.3, -0.25) is 19.1 Å². The van der Waals surface area contributed by atoms with Crippen LogP contribution in [0.4, 0.5) is 0 Å².